The third kappa shape index (κ3) is 5.29. The molecule has 4 rings (SSSR count). The molecule has 1 atom stereocenters. The summed E-state index contributed by atoms with van der Waals surface area (Å²) >= 11 is 0. The summed E-state index contributed by atoms with van der Waals surface area (Å²) in [6.45, 7) is 0. The molecule has 0 saturated carbocycles. The van der Waals surface area contributed by atoms with Crippen molar-refractivity contribution in [3.63, 3.8) is 0 Å². The van der Waals surface area contributed by atoms with Crippen LogP contribution in [0.3, 0.4) is 0 Å². The monoisotopic (exact) mass is 508 g/mol. The lowest BCUT2D eigenvalue weighted by Crippen LogP contribution is -2.34. The molecule has 0 radical (unpaired) electrons. The number of benzene rings is 3. The molecule has 3 aromatic rings. The van der Waals surface area contributed by atoms with Gasteiger partial charge < -0.3 is 19.7 Å². The number of hydrogen-bond donors (Lipinski definition) is 3. The SMILES string of the molecule is O=C(O)c1ccc(OC2=CCC(Oc3ccc(C(=O)O)cc3)(c3ccccc3S(=O)(=O)O)C=C2)cc1. The summed E-state index contributed by atoms with van der Waals surface area (Å²) < 4.78 is 46.1. The Hall–Kier alpha value is -4.41. The van der Waals surface area contributed by atoms with E-state index in [1.165, 1.54) is 66.7 Å². The van der Waals surface area contributed by atoms with Crippen LogP contribution in [0.2, 0.25) is 0 Å². The molecule has 184 valence electrons. The van der Waals surface area contributed by atoms with Crippen LogP contribution < -0.4 is 9.47 Å². The maximum atomic E-state index is 12.1. The first-order valence-electron chi connectivity index (χ1n) is 10.6. The van der Waals surface area contributed by atoms with Gasteiger partial charge in [0.25, 0.3) is 10.1 Å². The Kier molecular flexibility index (Phi) is 6.65. The van der Waals surface area contributed by atoms with Gasteiger partial charge in [-0.25, -0.2) is 9.59 Å². The van der Waals surface area contributed by atoms with Gasteiger partial charge in [-0.1, -0.05) is 18.2 Å². The lowest BCUT2D eigenvalue weighted by atomic mass is 9.86. The summed E-state index contributed by atoms with van der Waals surface area (Å²) in [4.78, 5) is 21.9. The average molecular weight is 509 g/mol. The van der Waals surface area contributed by atoms with E-state index in [9.17, 15) is 22.6 Å². The highest BCUT2D eigenvalue weighted by Gasteiger charge is 2.38. The van der Waals surface area contributed by atoms with Gasteiger partial charge in [-0.05, 0) is 72.8 Å². The number of carbonyl (C=O) groups is 2. The molecule has 0 aromatic heterocycles. The van der Waals surface area contributed by atoms with Crippen molar-refractivity contribution in [2.75, 3.05) is 0 Å². The minimum atomic E-state index is -4.60. The molecule has 0 fully saturated rings. The number of ether oxygens (including phenoxy) is 2. The van der Waals surface area contributed by atoms with Gasteiger partial charge in [-0.15, -0.1) is 0 Å². The Morgan fingerprint density at radius 2 is 1.36 bits per heavy atom. The smallest absolute Gasteiger partial charge is 0.335 e. The number of allylic oxidation sites excluding steroid dienone is 1. The molecule has 3 aromatic carbocycles. The van der Waals surface area contributed by atoms with Gasteiger partial charge in [-0.2, -0.15) is 8.42 Å². The second-order valence-electron chi connectivity index (χ2n) is 7.87. The lowest BCUT2D eigenvalue weighted by Gasteiger charge is -2.34. The minimum absolute atomic E-state index is 0.0541. The first-order chi connectivity index (χ1) is 17.1. The van der Waals surface area contributed by atoms with Gasteiger partial charge in [-0.3, -0.25) is 4.55 Å². The van der Waals surface area contributed by atoms with Gasteiger partial charge in [0.2, 0.25) is 0 Å². The summed E-state index contributed by atoms with van der Waals surface area (Å²) in [5, 5.41) is 18.2. The van der Waals surface area contributed by atoms with E-state index in [-0.39, 0.29) is 33.8 Å². The van der Waals surface area contributed by atoms with E-state index in [2.05, 4.69) is 0 Å². The molecular formula is C26H20O9S. The molecule has 0 amide bonds. The quantitative estimate of drug-likeness (QED) is 0.373. The van der Waals surface area contributed by atoms with Gasteiger partial charge in [0, 0.05) is 12.0 Å². The van der Waals surface area contributed by atoms with E-state index in [4.69, 9.17) is 19.7 Å². The lowest BCUT2D eigenvalue weighted by molar-refractivity contribution is 0.0685. The van der Waals surface area contributed by atoms with Crippen LogP contribution in [0.1, 0.15) is 32.7 Å². The number of carboxylic acids is 2. The Bertz CT molecular complexity index is 1470. The normalized spacial score (nSPS) is 17.2. The Balaban J connectivity index is 1.69. The third-order valence-electron chi connectivity index (χ3n) is 5.48. The van der Waals surface area contributed by atoms with E-state index in [0.717, 1.165) is 0 Å². The van der Waals surface area contributed by atoms with Crippen molar-refractivity contribution in [2.45, 2.75) is 16.9 Å². The Labute approximate surface area is 206 Å². The van der Waals surface area contributed by atoms with E-state index in [1.807, 2.05) is 0 Å². The predicted molar refractivity (Wildman–Crippen MR) is 128 cm³/mol. The number of hydrogen-bond acceptors (Lipinski definition) is 6. The van der Waals surface area contributed by atoms with Crippen molar-refractivity contribution in [3.05, 3.63) is 113 Å². The van der Waals surface area contributed by atoms with Gasteiger partial charge in [0.15, 0.2) is 5.60 Å². The molecule has 0 aliphatic heterocycles. The molecule has 9 nitrogen and oxygen atoms in total. The van der Waals surface area contributed by atoms with Crippen molar-refractivity contribution in [3.8, 4) is 11.5 Å². The van der Waals surface area contributed by atoms with E-state index >= 15 is 0 Å². The summed E-state index contributed by atoms with van der Waals surface area (Å²) in [5.41, 5.74) is -1.04. The third-order valence-corrected chi connectivity index (χ3v) is 6.39. The van der Waals surface area contributed by atoms with Crippen molar-refractivity contribution < 1.29 is 42.2 Å². The van der Waals surface area contributed by atoms with Crippen LogP contribution in [0.15, 0.2) is 102 Å². The van der Waals surface area contributed by atoms with E-state index < -0.39 is 27.7 Å². The van der Waals surface area contributed by atoms with Gasteiger partial charge in [0.1, 0.15) is 22.2 Å². The first-order valence-corrected chi connectivity index (χ1v) is 12.0. The number of carboxylic acid groups (broad SMARTS) is 2. The highest BCUT2D eigenvalue weighted by atomic mass is 32.2. The summed E-state index contributed by atoms with van der Waals surface area (Å²) in [6.07, 6.45) is 4.92. The molecule has 10 heteroatoms. The van der Waals surface area contributed by atoms with E-state index in [1.54, 1.807) is 24.3 Å². The van der Waals surface area contributed by atoms with Crippen LogP contribution in [0.5, 0.6) is 11.5 Å². The summed E-state index contributed by atoms with van der Waals surface area (Å²) in [5.74, 6) is -1.09. The molecule has 1 unspecified atom stereocenters. The maximum absolute atomic E-state index is 12.1. The fraction of sp³-hybridized carbons (Fsp3) is 0.0769. The molecule has 0 spiro atoms. The molecule has 3 N–H and O–H groups in total. The summed E-state index contributed by atoms with van der Waals surface area (Å²) in [7, 11) is -4.60. The fourth-order valence-electron chi connectivity index (χ4n) is 3.73. The van der Waals surface area contributed by atoms with Crippen LogP contribution in [0.4, 0.5) is 0 Å². The van der Waals surface area contributed by atoms with Crippen molar-refractivity contribution in [1.82, 2.24) is 0 Å². The molecule has 36 heavy (non-hydrogen) atoms. The highest BCUT2D eigenvalue weighted by Crippen LogP contribution is 2.40. The number of rotatable bonds is 8. The van der Waals surface area contributed by atoms with Crippen LogP contribution in [-0.2, 0) is 15.7 Å². The Morgan fingerprint density at radius 1 is 0.806 bits per heavy atom. The highest BCUT2D eigenvalue weighted by molar-refractivity contribution is 7.85. The molecule has 1 aliphatic rings. The van der Waals surface area contributed by atoms with Gasteiger partial charge >= 0.3 is 11.9 Å². The maximum Gasteiger partial charge on any atom is 0.335 e. The second kappa shape index (κ2) is 9.68. The fourth-order valence-corrected chi connectivity index (χ4v) is 4.50. The minimum Gasteiger partial charge on any atom is -0.478 e. The summed E-state index contributed by atoms with van der Waals surface area (Å²) in [6, 6.07) is 17.3. The first kappa shape index (κ1) is 24.7. The van der Waals surface area contributed by atoms with Crippen LogP contribution in [0, 0.1) is 0 Å². The topological polar surface area (TPSA) is 147 Å². The standard InChI is InChI=1S/C26H20O9S/c27-24(28)17-5-9-19(10-6-17)34-20-13-15-26(16-14-20,22-3-1-2-4-23(22)36(31,32)33)35-21-11-7-18(8-12-21)25(29)30/h1-15H,16H2,(H,27,28)(H,29,30)(H,31,32,33). The molecule has 0 heterocycles. The predicted octanol–water partition coefficient (Wildman–Crippen LogP) is 4.53. The van der Waals surface area contributed by atoms with Crippen LogP contribution >= 0.6 is 0 Å². The second-order valence-corrected chi connectivity index (χ2v) is 9.26. The largest absolute Gasteiger partial charge is 0.478 e. The zero-order valence-corrected chi connectivity index (χ0v) is 19.4. The molecular weight excluding hydrogens is 488 g/mol. The van der Waals surface area contributed by atoms with Crippen LogP contribution in [-0.4, -0.2) is 35.1 Å². The van der Waals surface area contributed by atoms with Crippen molar-refractivity contribution in [1.29, 1.82) is 0 Å². The van der Waals surface area contributed by atoms with Gasteiger partial charge in [0.05, 0.1) is 11.1 Å². The molecule has 1 aliphatic carbocycles. The average Bonchev–Trinajstić information content (AvgIpc) is 2.85. The zero-order chi connectivity index (χ0) is 25.9. The van der Waals surface area contributed by atoms with Crippen molar-refractivity contribution in [2.24, 2.45) is 0 Å². The molecule has 0 saturated heterocycles. The van der Waals surface area contributed by atoms with Crippen molar-refractivity contribution >= 4 is 22.1 Å². The Morgan fingerprint density at radius 3 is 1.86 bits per heavy atom. The van der Waals surface area contributed by atoms with Crippen LogP contribution in [0.25, 0.3) is 0 Å². The molecule has 0 bridgehead atoms. The zero-order valence-electron chi connectivity index (χ0n) is 18.6. The van der Waals surface area contributed by atoms with E-state index in [0.29, 0.717) is 11.5 Å². The number of aromatic carboxylic acids is 2.